The SMILES string of the molecule is CC(CC(=O)O)CC(=O)NC(=O)NCCN1CCOCC1. The van der Waals surface area contributed by atoms with Gasteiger partial charge in [0.1, 0.15) is 0 Å². The van der Waals surface area contributed by atoms with E-state index in [0.29, 0.717) is 26.3 Å². The van der Waals surface area contributed by atoms with E-state index in [0.717, 1.165) is 13.1 Å². The Bertz CT molecular complexity index is 369. The lowest BCUT2D eigenvalue weighted by Crippen LogP contribution is -2.45. The number of carboxylic acids is 1. The molecule has 0 bridgehead atoms. The molecule has 1 saturated heterocycles. The summed E-state index contributed by atoms with van der Waals surface area (Å²) < 4.78 is 5.22. The maximum absolute atomic E-state index is 11.5. The average Bonchev–Trinajstić information content (AvgIpc) is 2.38. The first kappa shape index (κ1) is 17.4. The number of morpholine rings is 1. The topological polar surface area (TPSA) is 108 Å². The van der Waals surface area contributed by atoms with Gasteiger partial charge in [0.2, 0.25) is 5.91 Å². The molecule has 120 valence electrons. The van der Waals surface area contributed by atoms with Crippen LogP contribution in [0, 0.1) is 5.92 Å². The fourth-order valence-corrected chi connectivity index (χ4v) is 2.06. The quantitative estimate of drug-likeness (QED) is 0.593. The molecule has 0 aromatic rings. The van der Waals surface area contributed by atoms with Gasteiger partial charge in [0.05, 0.1) is 13.2 Å². The van der Waals surface area contributed by atoms with Crippen LogP contribution in [-0.4, -0.2) is 67.3 Å². The van der Waals surface area contributed by atoms with Gasteiger partial charge in [-0.3, -0.25) is 19.8 Å². The van der Waals surface area contributed by atoms with Crippen LogP contribution in [0.1, 0.15) is 19.8 Å². The summed E-state index contributed by atoms with van der Waals surface area (Å²) >= 11 is 0. The van der Waals surface area contributed by atoms with Crippen LogP contribution in [0.5, 0.6) is 0 Å². The predicted octanol–water partition coefficient (Wildman–Crippen LogP) is -0.355. The standard InChI is InChI=1S/C13H23N3O5/c1-10(9-12(18)19)8-11(17)15-13(20)14-2-3-16-4-6-21-7-5-16/h10H,2-9H2,1H3,(H,18,19)(H2,14,15,17,20). The summed E-state index contributed by atoms with van der Waals surface area (Å²) in [7, 11) is 0. The van der Waals surface area contributed by atoms with Gasteiger partial charge in [-0.05, 0) is 5.92 Å². The average molecular weight is 301 g/mol. The molecular weight excluding hydrogens is 278 g/mol. The van der Waals surface area contributed by atoms with Gasteiger partial charge in [-0.2, -0.15) is 0 Å². The van der Waals surface area contributed by atoms with Crippen molar-refractivity contribution in [1.29, 1.82) is 0 Å². The van der Waals surface area contributed by atoms with Crippen molar-refractivity contribution in [1.82, 2.24) is 15.5 Å². The number of amides is 3. The van der Waals surface area contributed by atoms with E-state index >= 15 is 0 Å². The largest absolute Gasteiger partial charge is 0.481 e. The number of rotatable bonds is 7. The molecule has 1 fully saturated rings. The molecule has 8 nitrogen and oxygen atoms in total. The summed E-state index contributed by atoms with van der Waals surface area (Å²) in [6, 6.07) is -0.546. The third-order valence-electron chi connectivity index (χ3n) is 3.13. The zero-order valence-corrected chi connectivity index (χ0v) is 12.3. The summed E-state index contributed by atoms with van der Waals surface area (Å²) in [6.45, 7) is 5.90. The molecule has 1 heterocycles. The second-order valence-corrected chi connectivity index (χ2v) is 5.17. The minimum Gasteiger partial charge on any atom is -0.481 e. The van der Waals surface area contributed by atoms with Crippen molar-refractivity contribution in [2.75, 3.05) is 39.4 Å². The molecule has 0 saturated carbocycles. The van der Waals surface area contributed by atoms with E-state index < -0.39 is 17.9 Å². The molecule has 1 atom stereocenters. The Hall–Kier alpha value is -1.67. The van der Waals surface area contributed by atoms with Gasteiger partial charge in [-0.15, -0.1) is 0 Å². The molecule has 21 heavy (non-hydrogen) atoms. The number of imide groups is 1. The van der Waals surface area contributed by atoms with Crippen molar-refractivity contribution < 1.29 is 24.2 Å². The third kappa shape index (κ3) is 8.26. The summed E-state index contributed by atoms with van der Waals surface area (Å²) in [5, 5.41) is 13.4. The second kappa shape index (κ2) is 9.30. The van der Waals surface area contributed by atoms with Crippen molar-refractivity contribution in [3.05, 3.63) is 0 Å². The van der Waals surface area contributed by atoms with E-state index in [1.54, 1.807) is 6.92 Å². The van der Waals surface area contributed by atoms with Gasteiger partial charge in [0.15, 0.2) is 0 Å². The number of nitrogens with zero attached hydrogens (tertiary/aromatic N) is 1. The van der Waals surface area contributed by atoms with Gasteiger partial charge in [0, 0.05) is 39.0 Å². The molecule has 1 rings (SSSR count). The number of carbonyl (C=O) groups excluding carboxylic acids is 2. The molecule has 0 aromatic carbocycles. The molecule has 3 N–H and O–H groups in total. The number of aliphatic carboxylic acids is 1. The van der Waals surface area contributed by atoms with Crippen molar-refractivity contribution in [2.45, 2.75) is 19.8 Å². The highest BCUT2D eigenvalue weighted by Crippen LogP contribution is 2.06. The molecule has 1 aliphatic heterocycles. The molecule has 1 unspecified atom stereocenters. The Morgan fingerprint density at radius 1 is 1.24 bits per heavy atom. The van der Waals surface area contributed by atoms with Crippen molar-refractivity contribution in [3.63, 3.8) is 0 Å². The number of hydrogen-bond acceptors (Lipinski definition) is 5. The van der Waals surface area contributed by atoms with Gasteiger partial charge in [-0.1, -0.05) is 6.92 Å². The first-order valence-electron chi connectivity index (χ1n) is 7.07. The van der Waals surface area contributed by atoms with Gasteiger partial charge < -0.3 is 15.2 Å². The van der Waals surface area contributed by atoms with Crippen LogP contribution < -0.4 is 10.6 Å². The molecule has 0 aromatic heterocycles. The Kier molecular flexibility index (Phi) is 7.70. The summed E-state index contributed by atoms with van der Waals surface area (Å²) in [5.74, 6) is -1.72. The molecule has 3 amide bonds. The third-order valence-corrected chi connectivity index (χ3v) is 3.13. The van der Waals surface area contributed by atoms with E-state index in [9.17, 15) is 14.4 Å². The Balaban J connectivity index is 2.11. The van der Waals surface area contributed by atoms with Crippen LogP contribution in [0.15, 0.2) is 0 Å². The Labute approximate surface area is 123 Å². The number of carboxylic acid groups (broad SMARTS) is 1. The number of hydrogen-bond donors (Lipinski definition) is 3. The summed E-state index contributed by atoms with van der Waals surface area (Å²) in [4.78, 5) is 35.7. The van der Waals surface area contributed by atoms with E-state index in [-0.39, 0.29) is 18.8 Å². The lowest BCUT2D eigenvalue weighted by atomic mass is 10.0. The highest BCUT2D eigenvalue weighted by molar-refractivity contribution is 5.94. The number of nitrogens with one attached hydrogen (secondary N) is 2. The smallest absolute Gasteiger partial charge is 0.321 e. The summed E-state index contributed by atoms with van der Waals surface area (Å²) in [5.41, 5.74) is 0. The van der Waals surface area contributed by atoms with Crippen LogP contribution in [0.2, 0.25) is 0 Å². The Morgan fingerprint density at radius 3 is 2.52 bits per heavy atom. The van der Waals surface area contributed by atoms with Gasteiger partial charge >= 0.3 is 12.0 Å². The van der Waals surface area contributed by atoms with E-state index in [1.165, 1.54) is 0 Å². The lowest BCUT2D eigenvalue weighted by Gasteiger charge is -2.26. The monoisotopic (exact) mass is 301 g/mol. The fourth-order valence-electron chi connectivity index (χ4n) is 2.06. The molecule has 0 radical (unpaired) electrons. The minimum absolute atomic E-state index is 0.0170. The highest BCUT2D eigenvalue weighted by Gasteiger charge is 2.15. The molecule has 0 aliphatic carbocycles. The van der Waals surface area contributed by atoms with E-state index in [4.69, 9.17) is 9.84 Å². The van der Waals surface area contributed by atoms with Gasteiger partial charge in [0.25, 0.3) is 0 Å². The maximum Gasteiger partial charge on any atom is 0.321 e. The molecule has 0 spiro atoms. The first-order valence-corrected chi connectivity index (χ1v) is 7.07. The number of carbonyl (C=O) groups is 3. The first-order chi connectivity index (χ1) is 9.97. The van der Waals surface area contributed by atoms with Crippen LogP contribution in [0.25, 0.3) is 0 Å². The van der Waals surface area contributed by atoms with Crippen molar-refractivity contribution in [3.8, 4) is 0 Å². The second-order valence-electron chi connectivity index (χ2n) is 5.17. The van der Waals surface area contributed by atoms with E-state index in [2.05, 4.69) is 15.5 Å². The Morgan fingerprint density at radius 2 is 1.90 bits per heavy atom. The van der Waals surface area contributed by atoms with Crippen LogP contribution in [0.4, 0.5) is 4.79 Å². The van der Waals surface area contributed by atoms with Crippen molar-refractivity contribution in [2.24, 2.45) is 5.92 Å². The zero-order valence-electron chi connectivity index (χ0n) is 12.3. The minimum atomic E-state index is -0.953. The molecule has 1 aliphatic rings. The molecular formula is C13H23N3O5. The fraction of sp³-hybridized carbons (Fsp3) is 0.769. The van der Waals surface area contributed by atoms with Gasteiger partial charge in [-0.25, -0.2) is 4.79 Å². The highest BCUT2D eigenvalue weighted by atomic mass is 16.5. The van der Waals surface area contributed by atoms with Crippen LogP contribution in [-0.2, 0) is 14.3 Å². The predicted molar refractivity (Wildman–Crippen MR) is 74.8 cm³/mol. The normalized spacial score (nSPS) is 17.0. The van der Waals surface area contributed by atoms with E-state index in [1.807, 2.05) is 0 Å². The zero-order chi connectivity index (χ0) is 15.7. The summed E-state index contributed by atoms with van der Waals surface area (Å²) in [6.07, 6.45) is -0.0742. The number of ether oxygens (including phenoxy) is 1. The number of urea groups is 1. The van der Waals surface area contributed by atoms with Crippen LogP contribution >= 0.6 is 0 Å². The molecule has 8 heteroatoms. The van der Waals surface area contributed by atoms with Crippen LogP contribution in [0.3, 0.4) is 0 Å². The maximum atomic E-state index is 11.5. The van der Waals surface area contributed by atoms with Crippen molar-refractivity contribution >= 4 is 17.9 Å². The lowest BCUT2D eigenvalue weighted by molar-refractivity contribution is -0.138.